The van der Waals surface area contributed by atoms with E-state index in [9.17, 15) is 9.59 Å². The number of ether oxygens (including phenoxy) is 1. The van der Waals surface area contributed by atoms with Crippen molar-refractivity contribution in [1.82, 2.24) is 4.98 Å². The SMILES string of the molecule is COC(=O)C(=O)C(C#N)c1nc2ccccc2s1. The minimum absolute atomic E-state index is 0.314. The lowest BCUT2D eigenvalue weighted by atomic mass is 10.1. The third-order valence-corrected chi connectivity index (χ3v) is 3.44. The number of thiazole rings is 1. The molecule has 6 heteroatoms. The summed E-state index contributed by atoms with van der Waals surface area (Å²) in [6.45, 7) is 0. The van der Waals surface area contributed by atoms with Gasteiger partial charge in [-0.25, -0.2) is 9.78 Å². The molecule has 0 amide bonds. The summed E-state index contributed by atoms with van der Waals surface area (Å²) >= 11 is 1.22. The van der Waals surface area contributed by atoms with Crippen molar-refractivity contribution in [1.29, 1.82) is 5.26 Å². The van der Waals surface area contributed by atoms with Gasteiger partial charge in [-0.1, -0.05) is 12.1 Å². The molecule has 2 aromatic rings. The summed E-state index contributed by atoms with van der Waals surface area (Å²) in [4.78, 5) is 27.0. The van der Waals surface area contributed by atoms with Gasteiger partial charge in [0.05, 0.1) is 23.4 Å². The molecule has 18 heavy (non-hydrogen) atoms. The molecule has 1 aromatic heterocycles. The molecule has 2 rings (SSSR count). The first-order valence-corrected chi connectivity index (χ1v) is 5.86. The topological polar surface area (TPSA) is 80.0 Å². The third kappa shape index (κ3) is 2.08. The van der Waals surface area contributed by atoms with Gasteiger partial charge in [0.15, 0.2) is 5.92 Å². The molecule has 1 atom stereocenters. The van der Waals surface area contributed by atoms with Crippen LogP contribution in [0.25, 0.3) is 10.2 Å². The second-order valence-electron chi connectivity index (χ2n) is 3.44. The number of para-hydroxylation sites is 1. The van der Waals surface area contributed by atoms with Crippen LogP contribution in [0.3, 0.4) is 0 Å². The van der Waals surface area contributed by atoms with Crippen molar-refractivity contribution in [2.45, 2.75) is 5.92 Å². The highest BCUT2D eigenvalue weighted by Gasteiger charge is 2.30. The number of methoxy groups -OCH3 is 1. The van der Waals surface area contributed by atoms with E-state index in [-0.39, 0.29) is 0 Å². The van der Waals surface area contributed by atoms with Crippen LogP contribution in [0.5, 0.6) is 0 Å². The average Bonchev–Trinajstić information content (AvgIpc) is 2.81. The fraction of sp³-hybridized carbons (Fsp3) is 0.167. The molecule has 1 aromatic carbocycles. The van der Waals surface area contributed by atoms with Crippen LogP contribution in [0.15, 0.2) is 24.3 Å². The molecule has 0 bridgehead atoms. The maximum atomic E-state index is 11.7. The van der Waals surface area contributed by atoms with E-state index in [2.05, 4.69) is 9.72 Å². The smallest absolute Gasteiger partial charge is 0.376 e. The Morgan fingerprint density at radius 3 is 2.78 bits per heavy atom. The van der Waals surface area contributed by atoms with E-state index in [4.69, 9.17) is 5.26 Å². The molecule has 1 heterocycles. The highest BCUT2D eigenvalue weighted by atomic mass is 32.1. The highest BCUT2D eigenvalue weighted by molar-refractivity contribution is 7.18. The Morgan fingerprint density at radius 2 is 2.17 bits per heavy atom. The predicted octanol–water partition coefficient (Wildman–Crippen LogP) is 1.65. The summed E-state index contributed by atoms with van der Waals surface area (Å²) < 4.78 is 5.19. The number of ketones is 1. The lowest BCUT2D eigenvalue weighted by Gasteiger charge is -2.01. The Labute approximate surface area is 107 Å². The minimum atomic E-state index is -1.20. The minimum Gasteiger partial charge on any atom is -0.463 e. The summed E-state index contributed by atoms with van der Waals surface area (Å²) in [5, 5.41) is 9.32. The Hall–Kier alpha value is -2.26. The number of nitrogens with zero attached hydrogens (tertiary/aromatic N) is 2. The number of carbonyl (C=O) groups is 2. The van der Waals surface area contributed by atoms with Crippen LogP contribution < -0.4 is 0 Å². The average molecular weight is 260 g/mol. The van der Waals surface area contributed by atoms with Gasteiger partial charge in [-0.3, -0.25) is 4.79 Å². The Bertz CT molecular complexity index is 624. The Morgan fingerprint density at radius 1 is 1.44 bits per heavy atom. The van der Waals surface area contributed by atoms with Gasteiger partial charge in [-0.2, -0.15) is 5.26 Å². The van der Waals surface area contributed by atoms with Gasteiger partial charge in [0.1, 0.15) is 5.01 Å². The molecule has 0 aliphatic rings. The van der Waals surface area contributed by atoms with Crippen molar-refractivity contribution in [3.05, 3.63) is 29.3 Å². The number of esters is 1. The number of hydrogen-bond donors (Lipinski definition) is 0. The molecule has 0 saturated carbocycles. The number of Topliss-reactive ketones (excluding diaryl/α,β-unsaturated/α-hetero) is 1. The lowest BCUT2D eigenvalue weighted by Crippen LogP contribution is -2.22. The molecule has 90 valence electrons. The monoisotopic (exact) mass is 260 g/mol. The molecule has 0 saturated heterocycles. The molecular formula is C12H8N2O3S. The van der Waals surface area contributed by atoms with E-state index in [1.165, 1.54) is 11.3 Å². The van der Waals surface area contributed by atoms with Gasteiger partial charge in [0, 0.05) is 0 Å². The number of fused-ring (bicyclic) bond motifs is 1. The lowest BCUT2D eigenvalue weighted by molar-refractivity contribution is -0.151. The summed E-state index contributed by atoms with van der Waals surface area (Å²) in [7, 11) is 1.10. The molecule has 0 spiro atoms. The maximum Gasteiger partial charge on any atom is 0.376 e. The summed E-state index contributed by atoms with van der Waals surface area (Å²) in [6.07, 6.45) is 0. The second kappa shape index (κ2) is 4.94. The van der Waals surface area contributed by atoms with E-state index >= 15 is 0 Å². The molecule has 0 aliphatic heterocycles. The standard InChI is InChI=1S/C12H8N2O3S/c1-17-12(16)10(15)7(6-13)11-14-8-4-2-3-5-9(8)18-11/h2-5,7H,1H3. The number of aromatic nitrogens is 1. The van der Waals surface area contributed by atoms with Crippen LogP contribution in [-0.4, -0.2) is 23.8 Å². The number of carbonyl (C=O) groups excluding carboxylic acids is 2. The van der Waals surface area contributed by atoms with E-state index < -0.39 is 17.7 Å². The number of hydrogen-bond acceptors (Lipinski definition) is 6. The molecule has 0 radical (unpaired) electrons. The van der Waals surface area contributed by atoms with Crippen molar-refractivity contribution in [3.8, 4) is 6.07 Å². The van der Waals surface area contributed by atoms with Crippen LogP contribution in [-0.2, 0) is 14.3 Å². The van der Waals surface area contributed by atoms with E-state index in [0.29, 0.717) is 10.5 Å². The van der Waals surface area contributed by atoms with Crippen LogP contribution in [0.4, 0.5) is 0 Å². The van der Waals surface area contributed by atoms with Crippen LogP contribution in [0.2, 0.25) is 0 Å². The van der Waals surface area contributed by atoms with Crippen LogP contribution in [0.1, 0.15) is 10.9 Å². The van der Waals surface area contributed by atoms with Crippen LogP contribution in [0, 0.1) is 11.3 Å². The zero-order chi connectivity index (χ0) is 13.1. The van der Waals surface area contributed by atoms with Gasteiger partial charge in [-0.15, -0.1) is 11.3 Å². The van der Waals surface area contributed by atoms with Crippen molar-refractivity contribution >= 4 is 33.3 Å². The molecule has 0 N–H and O–H groups in total. The molecule has 1 unspecified atom stereocenters. The zero-order valence-electron chi connectivity index (χ0n) is 9.41. The summed E-state index contributed by atoms with van der Waals surface area (Å²) in [5.41, 5.74) is 0.704. The van der Waals surface area contributed by atoms with Gasteiger partial charge >= 0.3 is 5.97 Å². The fourth-order valence-electron chi connectivity index (χ4n) is 1.46. The highest BCUT2D eigenvalue weighted by Crippen LogP contribution is 2.27. The first-order valence-electron chi connectivity index (χ1n) is 5.04. The molecular weight excluding hydrogens is 252 g/mol. The van der Waals surface area contributed by atoms with Crippen molar-refractivity contribution in [2.75, 3.05) is 7.11 Å². The first-order chi connectivity index (χ1) is 8.67. The van der Waals surface area contributed by atoms with Gasteiger partial charge in [0.25, 0.3) is 5.78 Å². The predicted molar refractivity (Wildman–Crippen MR) is 65.0 cm³/mol. The van der Waals surface area contributed by atoms with E-state index in [1.54, 1.807) is 12.1 Å². The maximum absolute atomic E-state index is 11.7. The molecule has 0 fully saturated rings. The summed E-state index contributed by atoms with van der Waals surface area (Å²) in [6, 6.07) is 9.07. The van der Waals surface area contributed by atoms with Gasteiger partial charge in [0.2, 0.25) is 0 Å². The summed E-state index contributed by atoms with van der Waals surface area (Å²) in [5.74, 6) is -3.12. The molecule has 5 nitrogen and oxygen atoms in total. The van der Waals surface area contributed by atoms with E-state index in [1.807, 2.05) is 18.2 Å². The number of benzene rings is 1. The third-order valence-electron chi connectivity index (χ3n) is 2.34. The van der Waals surface area contributed by atoms with Crippen molar-refractivity contribution in [3.63, 3.8) is 0 Å². The molecule has 0 aliphatic carbocycles. The fourth-order valence-corrected chi connectivity index (χ4v) is 2.47. The Balaban J connectivity index is 2.42. The largest absolute Gasteiger partial charge is 0.463 e. The van der Waals surface area contributed by atoms with E-state index in [0.717, 1.165) is 11.8 Å². The van der Waals surface area contributed by atoms with Gasteiger partial charge in [-0.05, 0) is 12.1 Å². The number of nitriles is 1. The Kier molecular flexibility index (Phi) is 3.35. The van der Waals surface area contributed by atoms with Crippen molar-refractivity contribution < 1.29 is 14.3 Å². The van der Waals surface area contributed by atoms with Crippen molar-refractivity contribution in [2.24, 2.45) is 0 Å². The second-order valence-corrected chi connectivity index (χ2v) is 4.50. The zero-order valence-corrected chi connectivity index (χ0v) is 10.2. The number of rotatable bonds is 3. The van der Waals surface area contributed by atoms with Crippen LogP contribution >= 0.6 is 11.3 Å². The first kappa shape index (κ1) is 12.2. The quantitative estimate of drug-likeness (QED) is 0.619. The normalized spacial score (nSPS) is 11.8. The van der Waals surface area contributed by atoms with Gasteiger partial charge < -0.3 is 4.74 Å².